The van der Waals surface area contributed by atoms with E-state index < -0.39 is 5.97 Å². The minimum Gasteiger partial charge on any atom is -0.475 e. The normalized spacial score (nSPS) is 11.1. The second-order valence-corrected chi connectivity index (χ2v) is 4.61. The number of carbonyl (C=O) groups is 1. The second-order valence-electron chi connectivity index (χ2n) is 4.61. The Kier molecular flexibility index (Phi) is 3.45. The van der Waals surface area contributed by atoms with E-state index in [1.54, 1.807) is 13.2 Å². The number of furan rings is 1. The zero-order valence-corrected chi connectivity index (χ0v) is 11.4. The smallest absolute Gasteiger partial charge is 0.371 e. The van der Waals surface area contributed by atoms with Crippen molar-refractivity contribution in [1.29, 1.82) is 0 Å². The average Bonchev–Trinajstić information content (AvgIpc) is 3.06. The van der Waals surface area contributed by atoms with E-state index in [4.69, 9.17) is 14.3 Å². The Balaban J connectivity index is 2.01. The van der Waals surface area contributed by atoms with Crippen LogP contribution in [0.2, 0.25) is 0 Å². The van der Waals surface area contributed by atoms with Crippen molar-refractivity contribution >= 4 is 17.0 Å². The molecule has 6 nitrogen and oxygen atoms in total. The molecular weight excluding hydrogens is 272 g/mol. The van der Waals surface area contributed by atoms with Gasteiger partial charge in [0.25, 0.3) is 0 Å². The number of imidazole rings is 1. The maximum Gasteiger partial charge on any atom is 0.371 e. The van der Waals surface area contributed by atoms with E-state index >= 15 is 0 Å². The molecule has 2 heterocycles. The summed E-state index contributed by atoms with van der Waals surface area (Å²) in [5.41, 5.74) is 1.83. The van der Waals surface area contributed by atoms with E-state index in [1.807, 2.05) is 28.8 Å². The highest BCUT2D eigenvalue weighted by Crippen LogP contribution is 2.19. The molecule has 0 fully saturated rings. The van der Waals surface area contributed by atoms with E-state index in [1.165, 1.54) is 6.07 Å². The summed E-state index contributed by atoms with van der Waals surface area (Å²) < 4.78 is 12.4. The summed E-state index contributed by atoms with van der Waals surface area (Å²) in [6, 6.07) is 10.9. The number of rotatable bonds is 5. The van der Waals surface area contributed by atoms with Crippen LogP contribution in [0.15, 0.2) is 40.8 Å². The minimum absolute atomic E-state index is 0.0669. The summed E-state index contributed by atoms with van der Waals surface area (Å²) in [7, 11) is 1.61. The van der Waals surface area contributed by atoms with Crippen LogP contribution in [-0.4, -0.2) is 27.7 Å². The molecule has 0 atom stereocenters. The number of nitrogens with zero attached hydrogens (tertiary/aromatic N) is 2. The number of methoxy groups -OCH3 is 1. The molecule has 3 aromatic rings. The minimum atomic E-state index is -1.08. The fourth-order valence-electron chi connectivity index (χ4n) is 2.27. The Morgan fingerprint density at radius 1 is 1.33 bits per heavy atom. The number of carboxylic acids is 1. The van der Waals surface area contributed by atoms with E-state index in [0.717, 1.165) is 16.9 Å². The zero-order chi connectivity index (χ0) is 14.8. The van der Waals surface area contributed by atoms with Gasteiger partial charge in [0.15, 0.2) is 0 Å². The molecular formula is C15H14N2O4. The Bertz CT molecular complexity index is 788. The number of ether oxygens (including phenoxy) is 1. The SMILES string of the molecule is COCc1nc2ccccc2n1Cc1ccc(C(=O)O)o1. The highest BCUT2D eigenvalue weighted by Gasteiger charge is 2.14. The van der Waals surface area contributed by atoms with Crippen molar-refractivity contribution in [2.45, 2.75) is 13.2 Å². The number of aromatic carboxylic acids is 1. The molecule has 2 aromatic heterocycles. The lowest BCUT2D eigenvalue weighted by Crippen LogP contribution is -2.05. The molecule has 3 rings (SSSR count). The number of carboxylic acid groups (broad SMARTS) is 1. The van der Waals surface area contributed by atoms with Gasteiger partial charge in [0.1, 0.15) is 18.2 Å². The first-order valence-electron chi connectivity index (χ1n) is 6.44. The van der Waals surface area contributed by atoms with Crippen LogP contribution >= 0.6 is 0 Å². The van der Waals surface area contributed by atoms with E-state index in [2.05, 4.69) is 4.98 Å². The topological polar surface area (TPSA) is 77.5 Å². The van der Waals surface area contributed by atoms with Crippen LogP contribution in [0.25, 0.3) is 11.0 Å². The van der Waals surface area contributed by atoms with Crippen molar-refractivity contribution in [2.24, 2.45) is 0 Å². The first kappa shape index (κ1) is 13.4. The van der Waals surface area contributed by atoms with E-state index in [0.29, 0.717) is 18.9 Å². The molecule has 0 unspecified atom stereocenters. The summed E-state index contributed by atoms with van der Waals surface area (Å²) in [5.74, 6) is 0.191. The maximum absolute atomic E-state index is 10.9. The fraction of sp³-hybridized carbons (Fsp3) is 0.200. The predicted octanol–water partition coefficient (Wildman–Crippen LogP) is 2.52. The third-order valence-corrected chi connectivity index (χ3v) is 3.19. The zero-order valence-electron chi connectivity index (χ0n) is 11.4. The quantitative estimate of drug-likeness (QED) is 0.779. The molecule has 0 spiro atoms. The number of benzene rings is 1. The summed E-state index contributed by atoms with van der Waals surface area (Å²) in [6.07, 6.45) is 0. The molecule has 21 heavy (non-hydrogen) atoms. The summed E-state index contributed by atoms with van der Waals surface area (Å²) in [4.78, 5) is 15.4. The summed E-state index contributed by atoms with van der Waals surface area (Å²) >= 11 is 0. The van der Waals surface area contributed by atoms with Gasteiger partial charge in [0.05, 0.1) is 17.6 Å². The number of hydrogen-bond donors (Lipinski definition) is 1. The standard InChI is InChI=1S/C15H14N2O4/c1-20-9-14-16-11-4-2-3-5-12(11)17(14)8-10-6-7-13(21-10)15(18)19/h2-7H,8-9H2,1H3,(H,18,19). The molecule has 0 aliphatic heterocycles. The van der Waals surface area contributed by atoms with E-state index in [9.17, 15) is 4.79 Å². The molecule has 0 radical (unpaired) electrons. The van der Waals surface area contributed by atoms with Crippen LogP contribution in [0.3, 0.4) is 0 Å². The first-order chi connectivity index (χ1) is 10.2. The average molecular weight is 286 g/mol. The van der Waals surface area contributed by atoms with Gasteiger partial charge >= 0.3 is 5.97 Å². The molecule has 0 aliphatic carbocycles. The Morgan fingerprint density at radius 2 is 2.14 bits per heavy atom. The lowest BCUT2D eigenvalue weighted by Gasteiger charge is -2.06. The van der Waals surface area contributed by atoms with Gasteiger partial charge in [-0.15, -0.1) is 0 Å². The third-order valence-electron chi connectivity index (χ3n) is 3.19. The second kappa shape index (κ2) is 5.41. The van der Waals surface area contributed by atoms with Gasteiger partial charge in [0, 0.05) is 7.11 Å². The Labute approximate surface area is 120 Å². The van der Waals surface area contributed by atoms with Crippen molar-refractivity contribution in [3.8, 4) is 0 Å². The molecule has 0 saturated carbocycles. The van der Waals surface area contributed by atoms with Gasteiger partial charge in [-0.05, 0) is 24.3 Å². The molecule has 108 valence electrons. The van der Waals surface area contributed by atoms with Crippen molar-refractivity contribution in [2.75, 3.05) is 7.11 Å². The molecule has 1 N–H and O–H groups in total. The Hall–Kier alpha value is -2.60. The van der Waals surface area contributed by atoms with Crippen LogP contribution in [0.5, 0.6) is 0 Å². The van der Waals surface area contributed by atoms with Crippen LogP contribution in [-0.2, 0) is 17.9 Å². The van der Waals surface area contributed by atoms with Crippen molar-refractivity contribution in [3.05, 3.63) is 53.7 Å². The van der Waals surface area contributed by atoms with Crippen LogP contribution in [0.1, 0.15) is 22.1 Å². The largest absolute Gasteiger partial charge is 0.475 e. The van der Waals surface area contributed by atoms with Crippen molar-refractivity contribution in [1.82, 2.24) is 9.55 Å². The van der Waals surface area contributed by atoms with Gasteiger partial charge < -0.3 is 18.8 Å². The van der Waals surface area contributed by atoms with Crippen LogP contribution in [0.4, 0.5) is 0 Å². The van der Waals surface area contributed by atoms with Crippen molar-refractivity contribution in [3.63, 3.8) is 0 Å². The molecule has 6 heteroatoms. The monoisotopic (exact) mass is 286 g/mol. The van der Waals surface area contributed by atoms with Crippen molar-refractivity contribution < 1.29 is 19.1 Å². The van der Waals surface area contributed by atoms with Crippen LogP contribution < -0.4 is 0 Å². The number of fused-ring (bicyclic) bond motifs is 1. The summed E-state index contributed by atoms with van der Waals surface area (Å²) in [6.45, 7) is 0.785. The lowest BCUT2D eigenvalue weighted by atomic mass is 10.3. The summed E-state index contributed by atoms with van der Waals surface area (Å²) in [5, 5.41) is 8.90. The van der Waals surface area contributed by atoms with Gasteiger partial charge in [-0.1, -0.05) is 12.1 Å². The maximum atomic E-state index is 10.9. The van der Waals surface area contributed by atoms with Gasteiger partial charge in [0.2, 0.25) is 5.76 Å². The third kappa shape index (κ3) is 2.53. The van der Waals surface area contributed by atoms with Gasteiger partial charge in [-0.3, -0.25) is 0 Å². The van der Waals surface area contributed by atoms with E-state index in [-0.39, 0.29) is 5.76 Å². The highest BCUT2D eigenvalue weighted by atomic mass is 16.5. The van der Waals surface area contributed by atoms with Gasteiger partial charge in [-0.25, -0.2) is 9.78 Å². The van der Waals surface area contributed by atoms with Gasteiger partial charge in [-0.2, -0.15) is 0 Å². The predicted molar refractivity (Wildman–Crippen MR) is 75.2 cm³/mol. The first-order valence-corrected chi connectivity index (χ1v) is 6.44. The van der Waals surface area contributed by atoms with Crippen LogP contribution in [0, 0.1) is 0 Å². The molecule has 0 amide bonds. The molecule has 0 bridgehead atoms. The fourth-order valence-corrected chi connectivity index (χ4v) is 2.27. The number of aromatic nitrogens is 2. The number of para-hydroxylation sites is 2. The lowest BCUT2D eigenvalue weighted by molar-refractivity contribution is 0.0660. The molecule has 0 saturated heterocycles. The molecule has 1 aromatic carbocycles. The molecule has 0 aliphatic rings. The Morgan fingerprint density at radius 3 is 2.86 bits per heavy atom. The number of hydrogen-bond acceptors (Lipinski definition) is 4. The highest BCUT2D eigenvalue weighted by molar-refractivity contribution is 5.84.